The van der Waals surface area contributed by atoms with Gasteiger partial charge in [-0.2, -0.15) is 0 Å². The number of nitrogens with zero attached hydrogens (tertiary/aromatic N) is 2. The number of hydrogen-bond donors (Lipinski definition) is 1. The molecule has 1 N–H and O–H groups in total. The predicted molar refractivity (Wildman–Crippen MR) is 116 cm³/mol. The van der Waals surface area contributed by atoms with Gasteiger partial charge in [-0.1, -0.05) is 6.08 Å². The zero-order valence-electron chi connectivity index (χ0n) is 17.2. The van der Waals surface area contributed by atoms with E-state index in [0.29, 0.717) is 11.9 Å². The number of H-pyrrole nitrogens is 1. The highest BCUT2D eigenvalue weighted by molar-refractivity contribution is 5.96. The lowest BCUT2D eigenvalue weighted by molar-refractivity contribution is 0.0771. The van der Waals surface area contributed by atoms with E-state index in [1.165, 1.54) is 24.1 Å². The van der Waals surface area contributed by atoms with Crippen molar-refractivity contribution in [2.45, 2.75) is 25.4 Å². The Balaban J connectivity index is 1.47. The number of halogens is 1. The van der Waals surface area contributed by atoms with Crippen LogP contribution in [-0.4, -0.2) is 54.3 Å². The number of nitrogens with one attached hydrogen (secondary N) is 1. The summed E-state index contributed by atoms with van der Waals surface area (Å²) in [6.45, 7) is 3.83. The Hall–Kier alpha value is -2.70. The molecular formula is C24H26FN3O2. The van der Waals surface area contributed by atoms with Crippen molar-refractivity contribution in [3.8, 4) is 16.9 Å². The second-order valence-electron chi connectivity index (χ2n) is 8.04. The van der Waals surface area contributed by atoms with Crippen molar-refractivity contribution in [3.63, 3.8) is 0 Å². The first-order valence-corrected chi connectivity index (χ1v) is 10.6. The molecule has 0 saturated carbocycles. The number of hydrogen-bond acceptors (Lipinski definition) is 4. The van der Waals surface area contributed by atoms with E-state index >= 15 is 0 Å². The Morgan fingerprint density at radius 1 is 1.27 bits per heavy atom. The third-order valence-corrected chi connectivity index (χ3v) is 6.05. The van der Waals surface area contributed by atoms with Crippen LogP contribution in [0.25, 0.3) is 27.7 Å². The summed E-state index contributed by atoms with van der Waals surface area (Å²) in [6, 6.07) is 8.64. The lowest BCUT2D eigenvalue weighted by Crippen LogP contribution is -2.36. The minimum Gasteiger partial charge on any atom is -0.496 e. The molecule has 6 heteroatoms. The minimum atomic E-state index is -0.286. The van der Waals surface area contributed by atoms with E-state index < -0.39 is 0 Å². The van der Waals surface area contributed by atoms with Gasteiger partial charge >= 0.3 is 0 Å². The Bertz CT molecular complexity index is 1090. The molecule has 1 unspecified atom stereocenters. The Kier molecular flexibility index (Phi) is 5.27. The number of ether oxygens (including phenoxy) is 2. The summed E-state index contributed by atoms with van der Waals surface area (Å²) >= 11 is 0. The van der Waals surface area contributed by atoms with Gasteiger partial charge in [0.25, 0.3) is 0 Å². The lowest BCUT2D eigenvalue weighted by Gasteiger charge is -2.28. The van der Waals surface area contributed by atoms with Gasteiger partial charge in [-0.15, -0.1) is 0 Å². The number of pyridine rings is 1. The first kappa shape index (κ1) is 19.3. The molecule has 2 aromatic heterocycles. The molecule has 0 amide bonds. The van der Waals surface area contributed by atoms with E-state index in [2.05, 4.69) is 27.0 Å². The van der Waals surface area contributed by atoms with E-state index in [0.717, 1.165) is 66.9 Å². The molecule has 156 valence electrons. The van der Waals surface area contributed by atoms with Crippen LogP contribution in [0.15, 0.2) is 42.6 Å². The molecule has 4 heterocycles. The summed E-state index contributed by atoms with van der Waals surface area (Å²) in [5, 5.41) is 0.966. The van der Waals surface area contributed by atoms with E-state index in [-0.39, 0.29) is 5.82 Å². The second kappa shape index (κ2) is 8.20. The van der Waals surface area contributed by atoms with Crippen molar-refractivity contribution in [2.24, 2.45) is 0 Å². The lowest BCUT2D eigenvalue weighted by atomic mass is 10.0. The molecule has 5 rings (SSSR count). The normalized spacial score (nSPS) is 19.9. The largest absolute Gasteiger partial charge is 0.496 e. The number of aromatic amines is 1. The summed E-state index contributed by atoms with van der Waals surface area (Å²) in [4.78, 5) is 10.5. The highest BCUT2D eigenvalue weighted by Crippen LogP contribution is 2.36. The van der Waals surface area contributed by atoms with Crippen LogP contribution in [-0.2, 0) is 4.74 Å². The monoisotopic (exact) mass is 407 g/mol. The van der Waals surface area contributed by atoms with Crippen LogP contribution in [0.2, 0.25) is 0 Å². The third-order valence-electron chi connectivity index (χ3n) is 6.05. The smallest absolute Gasteiger partial charge is 0.138 e. The fraction of sp³-hybridized carbons (Fsp3) is 0.375. The molecule has 5 nitrogen and oxygen atoms in total. The van der Waals surface area contributed by atoms with E-state index in [1.54, 1.807) is 19.4 Å². The average molecular weight is 407 g/mol. The third kappa shape index (κ3) is 3.73. The van der Waals surface area contributed by atoms with Crippen LogP contribution in [0.5, 0.6) is 5.75 Å². The minimum absolute atomic E-state index is 0.286. The molecule has 1 saturated heterocycles. The number of rotatable bonds is 5. The summed E-state index contributed by atoms with van der Waals surface area (Å²) in [7, 11) is 1.60. The standard InChI is InChI=1S/C24H26FN3O2/c1-29-23-7-6-17(25)12-20(23)19-8-9-26-24-21(19)13-22(27-24)16-4-2-10-28(14-16)15-18-5-3-11-30-18/h4,6-9,12-13,18H,2-3,5,10-11,14-15H2,1H3,(H,26,27). The highest BCUT2D eigenvalue weighted by atomic mass is 19.1. The van der Waals surface area contributed by atoms with E-state index in [1.807, 2.05) is 6.07 Å². The van der Waals surface area contributed by atoms with Gasteiger partial charge in [0.2, 0.25) is 0 Å². The Labute approximate surface area is 175 Å². The van der Waals surface area contributed by atoms with Crippen LogP contribution in [0.1, 0.15) is 25.0 Å². The molecule has 2 aliphatic rings. The Morgan fingerprint density at radius 2 is 2.20 bits per heavy atom. The van der Waals surface area contributed by atoms with Gasteiger partial charge in [0, 0.05) is 49.1 Å². The average Bonchev–Trinajstić information content (AvgIpc) is 3.43. The van der Waals surface area contributed by atoms with E-state index in [9.17, 15) is 4.39 Å². The molecule has 0 spiro atoms. The van der Waals surface area contributed by atoms with Crippen LogP contribution in [0.3, 0.4) is 0 Å². The van der Waals surface area contributed by atoms with Crippen molar-refractivity contribution in [1.29, 1.82) is 0 Å². The summed E-state index contributed by atoms with van der Waals surface area (Å²) in [6.07, 6.45) is 7.77. The zero-order chi connectivity index (χ0) is 20.5. The molecule has 0 bridgehead atoms. The summed E-state index contributed by atoms with van der Waals surface area (Å²) in [5.41, 5.74) is 4.78. The number of fused-ring (bicyclic) bond motifs is 1. The van der Waals surface area contributed by atoms with Gasteiger partial charge in [0.1, 0.15) is 17.2 Å². The van der Waals surface area contributed by atoms with Crippen molar-refractivity contribution in [1.82, 2.24) is 14.9 Å². The quantitative estimate of drug-likeness (QED) is 0.669. The van der Waals surface area contributed by atoms with Crippen LogP contribution < -0.4 is 4.74 Å². The van der Waals surface area contributed by atoms with Gasteiger partial charge in [-0.25, -0.2) is 9.37 Å². The maximum Gasteiger partial charge on any atom is 0.138 e. The van der Waals surface area contributed by atoms with Crippen molar-refractivity contribution >= 4 is 16.6 Å². The molecule has 30 heavy (non-hydrogen) atoms. The molecule has 3 aromatic rings. The molecule has 1 aromatic carbocycles. The maximum absolute atomic E-state index is 14.0. The molecule has 0 aliphatic carbocycles. The molecule has 1 fully saturated rings. The van der Waals surface area contributed by atoms with Crippen LogP contribution in [0, 0.1) is 5.82 Å². The predicted octanol–water partition coefficient (Wildman–Crippen LogP) is 4.65. The van der Waals surface area contributed by atoms with Gasteiger partial charge in [-0.05, 0) is 60.7 Å². The molecular weight excluding hydrogens is 381 g/mol. The maximum atomic E-state index is 14.0. The topological polar surface area (TPSA) is 50.4 Å². The summed E-state index contributed by atoms with van der Waals surface area (Å²) in [5.74, 6) is 0.359. The molecule has 0 radical (unpaired) electrons. The SMILES string of the molecule is COc1ccc(F)cc1-c1ccnc2[nH]c(C3=CCCN(CC4CCCO4)C3)cc12. The zero-order valence-corrected chi connectivity index (χ0v) is 17.2. The summed E-state index contributed by atoms with van der Waals surface area (Å²) < 4.78 is 25.3. The number of methoxy groups -OCH3 is 1. The van der Waals surface area contributed by atoms with Gasteiger partial charge in [-0.3, -0.25) is 4.90 Å². The first-order valence-electron chi connectivity index (χ1n) is 10.6. The van der Waals surface area contributed by atoms with Crippen molar-refractivity contribution in [2.75, 3.05) is 33.4 Å². The van der Waals surface area contributed by atoms with Gasteiger partial charge in [0.15, 0.2) is 0 Å². The fourth-order valence-corrected chi connectivity index (χ4v) is 4.56. The van der Waals surface area contributed by atoms with Crippen LogP contribution >= 0.6 is 0 Å². The fourth-order valence-electron chi connectivity index (χ4n) is 4.56. The van der Waals surface area contributed by atoms with E-state index in [4.69, 9.17) is 9.47 Å². The Morgan fingerprint density at radius 3 is 3.03 bits per heavy atom. The van der Waals surface area contributed by atoms with Crippen molar-refractivity contribution in [3.05, 3.63) is 54.1 Å². The van der Waals surface area contributed by atoms with Crippen LogP contribution in [0.4, 0.5) is 4.39 Å². The van der Waals surface area contributed by atoms with Gasteiger partial charge in [0.05, 0.1) is 13.2 Å². The first-order chi connectivity index (χ1) is 14.7. The second-order valence-corrected chi connectivity index (χ2v) is 8.04. The molecule has 2 aliphatic heterocycles. The highest BCUT2D eigenvalue weighted by Gasteiger charge is 2.23. The number of aromatic nitrogens is 2. The van der Waals surface area contributed by atoms with Crippen molar-refractivity contribution < 1.29 is 13.9 Å². The molecule has 1 atom stereocenters. The van der Waals surface area contributed by atoms with Gasteiger partial charge < -0.3 is 14.5 Å². The number of benzene rings is 1.